The number of hydrogen-bond acceptors (Lipinski definition) is 5. The van der Waals surface area contributed by atoms with Gasteiger partial charge in [-0.15, -0.1) is 0 Å². The molecule has 34 heavy (non-hydrogen) atoms. The Labute approximate surface area is 193 Å². The van der Waals surface area contributed by atoms with Gasteiger partial charge in [0.1, 0.15) is 17.5 Å². The average Bonchev–Trinajstić information content (AvgIpc) is 2.82. The predicted molar refractivity (Wildman–Crippen MR) is 117 cm³/mol. The maximum atomic E-state index is 12.9. The molecule has 2 aliphatic rings. The highest BCUT2D eigenvalue weighted by Gasteiger charge is 2.38. The second-order valence-corrected chi connectivity index (χ2v) is 8.79. The van der Waals surface area contributed by atoms with Gasteiger partial charge in [-0.2, -0.15) is 13.2 Å². The van der Waals surface area contributed by atoms with Crippen molar-refractivity contribution in [2.45, 2.75) is 30.7 Å². The number of alkyl halides is 3. The molecule has 2 saturated heterocycles. The molecule has 0 radical (unpaired) electrons. The maximum absolute atomic E-state index is 12.9. The van der Waals surface area contributed by atoms with Crippen molar-refractivity contribution >= 4 is 16.8 Å². The van der Waals surface area contributed by atoms with Gasteiger partial charge >= 0.3 is 6.18 Å². The largest absolute Gasteiger partial charge is 0.490 e. The topological polar surface area (TPSA) is 71.9 Å². The van der Waals surface area contributed by atoms with E-state index in [2.05, 4.69) is 4.98 Å². The molecule has 0 aliphatic carbocycles. The summed E-state index contributed by atoms with van der Waals surface area (Å²) < 4.78 is 49.7. The number of carbonyl (C=O) groups is 1. The molecule has 1 aromatic heterocycles. The first-order valence-electron chi connectivity index (χ1n) is 11.0. The first-order chi connectivity index (χ1) is 16.2. The zero-order valence-corrected chi connectivity index (χ0v) is 18.2. The van der Waals surface area contributed by atoms with E-state index in [1.54, 1.807) is 47.4 Å². The molecule has 0 saturated carbocycles. The second kappa shape index (κ2) is 8.56. The molecule has 2 fully saturated rings. The van der Waals surface area contributed by atoms with E-state index in [-0.39, 0.29) is 25.2 Å². The fraction of sp³-hybridized carbons (Fsp3) is 0.360. The number of benzene rings is 2. The molecule has 0 unspecified atom stereocenters. The molecule has 178 valence electrons. The van der Waals surface area contributed by atoms with Crippen LogP contribution in [0.2, 0.25) is 0 Å². The van der Waals surface area contributed by atoms with E-state index < -0.39 is 17.3 Å². The molecule has 1 amide bonds. The summed E-state index contributed by atoms with van der Waals surface area (Å²) in [5, 5.41) is 10.7. The van der Waals surface area contributed by atoms with E-state index in [1.807, 2.05) is 0 Å². The fourth-order valence-electron chi connectivity index (χ4n) is 4.27. The van der Waals surface area contributed by atoms with Crippen molar-refractivity contribution in [3.05, 3.63) is 71.4 Å². The number of carbonyl (C=O) groups excluding carboxylic acids is 1. The third-order valence-electron chi connectivity index (χ3n) is 6.37. The minimum Gasteiger partial charge on any atom is -0.490 e. The van der Waals surface area contributed by atoms with Crippen LogP contribution >= 0.6 is 0 Å². The molecule has 9 heteroatoms. The second-order valence-electron chi connectivity index (χ2n) is 8.79. The van der Waals surface area contributed by atoms with Crippen LogP contribution in [0.5, 0.6) is 5.75 Å². The number of nitrogens with zero attached hydrogens (tertiary/aromatic N) is 2. The van der Waals surface area contributed by atoms with Crippen molar-refractivity contribution in [1.82, 2.24) is 9.88 Å². The quantitative estimate of drug-likeness (QED) is 0.618. The first kappa shape index (κ1) is 22.6. The first-order valence-corrected chi connectivity index (χ1v) is 11.0. The summed E-state index contributed by atoms with van der Waals surface area (Å²) >= 11 is 0. The Balaban J connectivity index is 1.18. The average molecular weight is 472 g/mol. The Morgan fingerprint density at radius 1 is 1.09 bits per heavy atom. The van der Waals surface area contributed by atoms with Gasteiger partial charge in [-0.25, -0.2) is 0 Å². The number of ether oxygens (including phenoxy) is 2. The van der Waals surface area contributed by atoms with Crippen LogP contribution < -0.4 is 4.74 Å². The van der Waals surface area contributed by atoms with Crippen LogP contribution in [0.1, 0.15) is 34.3 Å². The smallest absolute Gasteiger partial charge is 0.417 e. The zero-order chi connectivity index (χ0) is 23.9. The van der Waals surface area contributed by atoms with Crippen LogP contribution in [0.4, 0.5) is 13.2 Å². The molecule has 2 aliphatic heterocycles. The Bertz CT molecular complexity index is 1200. The van der Waals surface area contributed by atoms with Crippen LogP contribution in [0.15, 0.2) is 54.7 Å². The van der Waals surface area contributed by atoms with Gasteiger partial charge in [0.15, 0.2) is 0 Å². The molecular formula is C25H23F3N2O4. The SMILES string of the molecule is O=C(c1ccc(C2(O)COC2)cc1)N1CCC(Oc2ccc3cc(C(F)(F)F)cnc3c2)CC1. The lowest BCUT2D eigenvalue weighted by Crippen LogP contribution is -2.46. The Morgan fingerprint density at radius 3 is 2.41 bits per heavy atom. The van der Waals surface area contributed by atoms with Gasteiger partial charge in [-0.3, -0.25) is 9.78 Å². The van der Waals surface area contributed by atoms with Gasteiger partial charge in [-0.1, -0.05) is 12.1 Å². The lowest BCUT2D eigenvalue weighted by atomic mass is 9.91. The summed E-state index contributed by atoms with van der Waals surface area (Å²) in [5.41, 5.74) is -0.0171. The fourth-order valence-corrected chi connectivity index (χ4v) is 4.27. The predicted octanol–water partition coefficient (Wildman–Crippen LogP) is 4.16. The summed E-state index contributed by atoms with van der Waals surface area (Å²) in [6.45, 7) is 1.58. The van der Waals surface area contributed by atoms with Crippen molar-refractivity contribution in [3.8, 4) is 5.75 Å². The summed E-state index contributed by atoms with van der Waals surface area (Å²) in [6.07, 6.45) is -2.44. The highest BCUT2D eigenvalue weighted by atomic mass is 19.4. The standard InChI is InChI=1S/C25H23F3N2O4/c26-25(27,28)19-11-17-3-6-21(12-22(17)29-13-19)34-20-7-9-30(10-8-20)23(31)16-1-4-18(5-2-16)24(32)14-33-15-24/h1-6,11-13,20,32H,7-10,14-15H2. The van der Waals surface area contributed by atoms with Gasteiger partial charge in [0.25, 0.3) is 5.91 Å². The van der Waals surface area contributed by atoms with E-state index in [0.29, 0.717) is 48.1 Å². The van der Waals surface area contributed by atoms with Crippen LogP contribution in [0, 0.1) is 0 Å². The number of piperidine rings is 1. The number of hydrogen-bond donors (Lipinski definition) is 1. The highest BCUT2D eigenvalue weighted by Crippen LogP contribution is 2.32. The van der Waals surface area contributed by atoms with E-state index in [9.17, 15) is 23.1 Å². The van der Waals surface area contributed by atoms with Crippen LogP contribution in [-0.2, 0) is 16.5 Å². The molecule has 0 atom stereocenters. The zero-order valence-electron chi connectivity index (χ0n) is 18.2. The monoisotopic (exact) mass is 472 g/mol. The Hall–Kier alpha value is -3.17. The molecule has 5 rings (SSSR count). The van der Waals surface area contributed by atoms with Crippen molar-refractivity contribution in [3.63, 3.8) is 0 Å². The minimum absolute atomic E-state index is 0.0720. The summed E-state index contributed by atoms with van der Waals surface area (Å²) in [4.78, 5) is 18.6. The Kier molecular flexibility index (Phi) is 5.69. The molecule has 0 bridgehead atoms. The van der Waals surface area contributed by atoms with Gasteiger partial charge in [0.05, 0.1) is 24.3 Å². The number of rotatable bonds is 4. The van der Waals surface area contributed by atoms with Gasteiger partial charge in [0.2, 0.25) is 0 Å². The van der Waals surface area contributed by atoms with Crippen molar-refractivity contribution in [2.24, 2.45) is 0 Å². The normalized spacial score (nSPS) is 18.5. The van der Waals surface area contributed by atoms with Crippen LogP contribution in [-0.4, -0.2) is 53.3 Å². The number of fused-ring (bicyclic) bond motifs is 1. The number of likely N-dealkylation sites (tertiary alicyclic amines) is 1. The molecule has 1 N–H and O–H groups in total. The maximum Gasteiger partial charge on any atom is 0.417 e. The number of pyridine rings is 1. The lowest BCUT2D eigenvalue weighted by Gasteiger charge is -2.37. The van der Waals surface area contributed by atoms with Gasteiger partial charge in [-0.05, 0) is 35.9 Å². The van der Waals surface area contributed by atoms with Gasteiger partial charge < -0.3 is 19.5 Å². The number of amides is 1. The molecule has 3 heterocycles. The van der Waals surface area contributed by atoms with Crippen LogP contribution in [0.3, 0.4) is 0 Å². The summed E-state index contributed by atoms with van der Waals surface area (Å²) in [5.74, 6) is 0.468. The highest BCUT2D eigenvalue weighted by molar-refractivity contribution is 5.94. The summed E-state index contributed by atoms with van der Waals surface area (Å²) in [7, 11) is 0. The van der Waals surface area contributed by atoms with Crippen molar-refractivity contribution in [2.75, 3.05) is 26.3 Å². The molecular weight excluding hydrogens is 449 g/mol. The van der Waals surface area contributed by atoms with Gasteiger partial charge in [0, 0.05) is 49.1 Å². The third kappa shape index (κ3) is 4.45. The van der Waals surface area contributed by atoms with Crippen molar-refractivity contribution in [1.29, 1.82) is 0 Å². The lowest BCUT2D eigenvalue weighted by molar-refractivity contribution is -0.184. The number of aromatic nitrogens is 1. The number of aliphatic hydroxyl groups is 1. The minimum atomic E-state index is -4.43. The van der Waals surface area contributed by atoms with E-state index in [4.69, 9.17) is 9.47 Å². The molecule has 0 spiro atoms. The van der Waals surface area contributed by atoms with Crippen LogP contribution in [0.25, 0.3) is 10.9 Å². The van der Waals surface area contributed by atoms with E-state index in [0.717, 1.165) is 17.8 Å². The van der Waals surface area contributed by atoms with Crippen molar-refractivity contribution < 1.29 is 32.5 Å². The molecule has 6 nitrogen and oxygen atoms in total. The van der Waals surface area contributed by atoms with E-state index >= 15 is 0 Å². The summed E-state index contributed by atoms with van der Waals surface area (Å²) in [6, 6.07) is 12.9. The van der Waals surface area contributed by atoms with E-state index in [1.165, 1.54) is 0 Å². The number of halogens is 3. The molecule has 3 aromatic rings. The Morgan fingerprint density at radius 2 is 1.79 bits per heavy atom. The third-order valence-corrected chi connectivity index (χ3v) is 6.37. The molecule has 2 aromatic carbocycles.